The predicted octanol–water partition coefficient (Wildman–Crippen LogP) is 2.57. The van der Waals surface area contributed by atoms with Gasteiger partial charge in [-0.25, -0.2) is 9.59 Å². The lowest BCUT2D eigenvalue weighted by molar-refractivity contribution is -0.139. The van der Waals surface area contributed by atoms with Crippen molar-refractivity contribution in [2.45, 2.75) is 52.7 Å². The van der Waals surface area contributed by atoms with Crippen LogP contribution < -0.4 is 5.32 Å². The Hall–Kier alpha value is -1.52. The molecule has 18 heavy (non-hydrogen) atoms. The molecule has 5 heteroatoms. The number of carbonyl (C=O) groups is 2. The average Bonchev–Trinajstić information content (AvgIpc) is 2.12. The molecule has 0 aliphatic heterocycles. The Morgan fingerprint density at radius 1 is 1.33 bits per heavy atom. The van der Waals surface area contributed by atoms with E-state index < -0.39 is 23.7 Å². The van der Waals surface area contributed by atoms with Gasteiger partial charge in [-0.05, 0) is 33.1 Å². The Balaban J connectivity index is 4.37. The first-order valence-electron chi connectivity index (χ1n) is 6.01. The van der Waals surface area contributed by atoms with Gasteiger partial charge in [0.05, 0.1) is 0 Å². The number of rotatable bonds is 5. The summed E-state index contributed by atoms with van der Waals surface area (Å²) < 4.78 is 5.01. The van der Waals surface area contributed by atoms with Gasteiger partial charge in [0.15, 0.2) is 0 Å². The maximum absolute atomic E-state index is 11.4. The largest absolute Gasteiger partial charge is 0.480 e. The lowest BCUT2D eigenvalue weighted by atomic mass is 10.1. The van der Waals surface area contributed by atoms with Gasteiger partial charge in [-0.1, -0.05) is 26.0 Å². The van der Waals surface area contributed by atoms with E-state index in [0.717, 1.165) is 0 Å². The number of alkyl carbamates (subject to hydrolysis) is 1. The normalized spacial score (nSPS) is 13.7. The number of aliphatic carboxylic acids is 1. The lowest BCUT2D eigenvalue weighted by Crippen LogP contribution is -2.43. The second kappa shape index (κ2) is 7.03. The summed E-state index contributed by atoms with van der Waals surface area (Å²) >= 11 is 0. The molecule has 104 valence electrons. The molecule has 2 N–H and O–H groups in total. The zero-order chi connectivity index (χ0) is 14.3. The molecule has 0 fully saturated rings. The van der Waals surface area contributed by atoms with Crippen LogP contribution in [0.1, 0.15) is 41.0 Å². The number of ether oxygens (including phenoxy) is 1. The summed E-state index contributed by atoms with van der Waals surface area (Å²) in [4.78, 5) is 22.4. The summed E-state index contributed by atoms with van der Waals surface area (Å²) in [6, 6.07) is -0.963. The number of hydrogen-bond acceptors (Lipinski definition) is 3. The topological polar surface area (TPSA) is 75.6 Å². The van der Waals surface area contributed by atoms with Crippen molar-refractivity contribution < 1.29 is 19.4 Å². The second-order valence-electron chi connectivity index (χ2n) is 5.44. The number of carbonyl (C=O) groups excluding carboxylic acids is 1. The van der Waals surface area contributed by atoms with Crippen LogP contribution in [0.15, 0.2) is 12.2 Å². The SMILES string of the molecule is CC(C)/C=C/C[C@H](NC(=O)OC(C)(C)C)C(=O)O. The quantitative estimate of drug-likeness (QED) is 0.742. The van der Waals surface area contributed by atoms with Crippen LogP contribution >= 0.6 is 0 Å². The van der Waals surface area contributed by atoms with Gasteiger partial charge in [0, 0.05) is 0 Å². The van der Waals surface area contributed by atoms with Gasteiger partial charge in [0.25, 0.3) is 0 Å². The first kappa shape index (κ1) is 16.5. The number of carboxylic acids is 1. The molecule has 5 nitrogen and oxygen atoms in total. The number of carboxylic acid groups (broad SMARTS) is 1. The molecule has 0 unspecified atom stereocenters. The van der Waals surface area contributed by atoms with Crippen molar-refractivity contribution in [1.29, 1.82) is 0 Å². The summed E-state index contributed by atoms with van der Waals surface area (Å²) in [6.07, 6.45) is 3.17. The van der Waals surface area contributed by atoms with Crippen molar-refractivity contribution in [2.75, 3.05) is 0 Å². The summed E-state index contributed by atoms with van der Waals surface area (Å²) in [6.45, 7) is 9.16. The summed E-state index contributed by atoms with van der Waals surface area (Å²) in [5.74, 6) is -0.727. The highest BCUT2D eigenvalue weighted by Crippen LogP contribution is 2.07. The van der Waals surface area contributed by atoms with E-state index in [4.69, 9.17) is 9.84 Å². The second-order valence-corrected chi connectivity index (χ2v) is 5.44. The van der Waals surface area contributed by atoms with Gasteiger partial charge < -0.3 is 15.2 Å². The van der Waals surface area contributed by atoms with Gasteiger partial charge >= 0.3 is 12.1 Å². The summed E-state index contributed by atoms with van der Waals surface area (Å²) in [7, 11) is 0. The Morgan fingerprint density at radius 2 is 1.89 bits per heavy atom. The Morgan fingerprint density at radius 3 is 2.28 bits per heavy atom. The third-order valence-electron chi connectivity index (χ3n) is 1.88. The third kappa shape index (κ3) is 8.61. The molecule has 0 heterocycles. The highest BCUT2D eigenvalue weighted by atomic mass is 16.6. The minimum atomic E-state index is -1.07. The van der Waals surface area contributed by atoms with Gasteiger partial charge in [0.2, 0.25) is 0 Å². The van der Waals surface area contributed by atoms with Gasteiger partial charge in [-0.15, -0.1) is 0 Å². The van der Waals surface area contributed by atoms with Gasteiger partial charge in [0.1, 0.15) is 11.6 Å². The standard InChI is InChI=1S/C13H23NO4/c1-9(2)7-6-8-10(11(15)16)14-12(17)18-13(3,4)5/h6-7,9-10H,8H2,1-5H3,(H,14,17)(H,15,16)/b7-6+/t10-/m0/s1. The monoisotopic (exact) mass is 257 g/mol. The molecular weight excluding hydrogens is 234 g/mol. The van der Waals surface area contributed by atoms with Crippen LogP contribution in [-0.4, -0.2) is 28.8 Å². The maximum atomic E-state index is 11.4. The molecule has 0 aliphatic carbocycles. The molecule has 0 bridgehead atoms. The molecule has 0 aromatic rings. The van der Waals surface area contributed by atoms with Crippen molar-refractivity contribution in [3.63, 3.8) is 0 Å². The fourth-order valence-corrected chi connectivity index (χ4v) is 1.16. The zero-order valence-corrected chi connectivity index (χ0v) is 11.7. The van der Waals surface area contributed by atoms with Crippen molar-refractivity contribution in [2.24, 2.45) is 5.92 Å². The highest BCUT2D eigenvalue weighted by Gasteiger charge is 2.22. The number of nitrogens with one attached hydrogen (secondary N) is 1. The van der Waals surface area contributed by atoms with Crippen LogP contribution in [0, 0.1) is 5.92 Å². The van der Waals surface area contributed by atoms with Gasteiger partial charge in [-0.3, -0.25) is 0 Å². The van der Waals surface area contributed by atoms with Gasteiger partial charge in [-0.2, -0.15) is 0 Å². The van der Waals surface area contributed by atoms with Crippen LogP contribution in [0.2, 0.25) is 0 Å². The molecule has 0 aromatic carbocycles. The Bertz CT molecular complexity index is 315. The first-order valence-corrected chi connectivity index (χ1v) is 6.01. The third-order valence-corrected chi connectivity index (χ3v) is 1.88. The first-order chi connectivity index (χ1) is 8.11. The fraction of sp³-hybridized carbons (Fsp3) is 0.692. The van der Waals surface area contributed by atoms with Crippen LogP contribution in [0.3, 0.4) is 0 Å². The average molecular weight is 257 g/mol. The molecule has 0 spiro atoms. The van der Waals surface area contributed by atoms with Crippen LogP contribution in [-0.2, 0) is 9.53 Å². The van der Waals surface area contributed by atoms with E-state index in [2.05, 4.69) is 5.32 Å². The minimum Gasteiger partial charge on any atom is -0.480 e. The van der Waals surface area contributed by atoms with E-state index in [1.165, 1.54) is 0 Å². The van der Waals surface area contributed by atoms with Crippen LogP contribution in [0.4, 0.5) is 4.79 Å². The Kier molecular flexibility index (Phi) is 6.44. The molecule has 0 rings (SSSR count). The van der Waals surface area contributed by atoms with Crippen molar-refractivity contribution in [3.05, 3.63) is 12.2 Å². The summed E-state index contributed by atoms with van der Waals surface area (Å²) in [5.41, 5.74) is -0.638. The molecular formula is C13H23NO4. The van der Waals surface area contributed by atoms with E-state index in [1.54, 1.807) is 26.8 Å². The van der Waals surface area contributed by atoms with E-state index in [-0.39, 0.29) is 6.42 Å². The lowest BCUT2D eigenvalue weighted by Gasteiger charge is -2.21. The van der Waals surface area contributed by atoms with E-state index in [9.17, 15) is 9.59 Å². The maximum Gasteiger partial charge on any atom is 0.408 e. The van der Waals surface area contributed by atoms with Crippen molar-refractivity contribution in [1.82, 2.24) is 5.32 Å². The van der Waals surface area contributed by atoms with Crippen LogP contribution in [0.25, 0.3) is 0 Å². The molecule has 0 saturated heterocycles. The number of amides is 1. The smallest absolute Gasteiger partial charge is 0.408 e. The fourth-order valence-electron chi connectivity index (χ4n) is 1.16. The van der Waals surface area contributed by atoms with E-state index in [0.29, 0.717) is 5.92 Å². The molecule has 0 aliphatic rings. The van der Waals surface area contributed by atoms with Crippen molar-refractivity contribution >= 4 is 12.1 Å². The zero-order valence-electron chi connectivity index (χ0n) is 11.7. The molecule has 1 atom stereocenters. The highest BCUT2D eigenvalue weighted by molar-refractivity contribution is 5.80. The number of hydrogen-bond donors (Lipinski definition) is 2. The van der Waals surface area contributed by atoms with Crippen LogP contribution in [0.5, 0.6) is 0 Å². The Labute approximate surface area is 108 Å². The molecule has 1 amide bonds. The minimum absolute atomic E-state index is 0.243. The predicted molar refractivity (Wildman–Crippen MR) is 69.4 cm³/mol. The van der Waals surface area contributed by atoms with E-state index in [1.807, 2.05) is 19.9 Å². The summed E-state index contributed by atoms with van der Waals surface area (Å²) in [5, 5.41) is 11.3. The molecule has 0 saturated carbocycles. The van der Waals surface area contributed by atoms with Crippen molar-refractivity contribution in [3.8, 4) is 0 Å². The molecule has 0 radical (unpaired) electrons. The molecule has 0 aromatic heterocycles. The van der Waals surface area contributed by atoms with E-state index >= 15 is 0 Å². The number of allylic oxidation sites excluding steroid dienone is 1.